The van der Waals surface area contributed by atoms with E-state index >= 15 is 0 Å². The number of hydrogen-bond donors (Lipinski definition) is 0. The number of benzene rings is 1. The second-order valence-electron chi connectivity index (χ2n) is 7.87. The van der Waals surface area contributed by atoms with Crippen LogP contribution in [0.15, 0.2) is 35.3 Å². The third-order valence-electron chi connectivity index (χ3n) is 5.80. The molecule has 3 atom stereocenters. The summed E-state index contributed by atoms with van der Waals surface area (Å²) in [6.07, 6.45) is 3.17. The molecule has 7 nitrogen and oxygen atoms in total. The summed E-state index contributed by atoms with van der Waals surface area (Å²) < 4.78 is 18.0. The number of alkyl halides is 1. The Morgan fingerprint density at radius 2 is 2.06 bits per heavy atom. The van der Waals surface area contributed by atoms with Crippen LogP contribution in [0, 0.1) is 0 Å². The molecule has 3 unspecified atom stereocenters. The highest BCUT2D eigenvalue weighted by Crippen LogP contribution is 2.47. The third kappa shape index (κ3) is 3.92. The Labute approximate surface area is 186 Å². The van der Waals surface area contributed by atoms with Gasteiger partial charge in [-0.25, -0.2) is 4.79 Å². The number of esters is 1. The van der Waals surface area contributed by atoms with Crippen LogP contribution < -0.4 is 15.2 Å². The Morgan fingerprint density at radius 3 is 2.81 bits per heavy atom. The molecule has 2 aliphatic heterocycles. The topological polar surface area (TPSA) is 70.0 Å². The van der Waals surface area contributed by atoms with E-state index in [1.54, 1.807) is 20.2 Å². The van der Waals surface area contributed by atoms with Gasteiger partial charge in [0.25, 0.3) is 0 Å². The molecular formula is C23H27ClN2O5. The Morgan fingerprint density at radius 1 is 1.26 bits per heavy atom. The van der Waals surface area contributed by atoms with E-state index in [9.17, 15) is 9.59 Å². The van der Waals surface area contributed by atoms with Crippen LogP contribution in [0.25, 0.3) is 11.3 Å². The quantitative estimate of drug-likeness (QED) is 0.368. The van der Waals surface area contributed by atoms with Gasteiger partial charge in [-0.15, -0.1) is 11.6 Å². The predicted octanol–water partition coefficient (Wildman–Crippen LogP) is 3.50. The number of methoxy groups -OCH3 is 1. The van der Waals surface area contributed by atoms with E-state index < -0.39 is 5.97 Å². The molecule has 166 valence electrons. The maximum absolute atomic E-state index is 12.7. The first-order chi connectivity index (χ1) is 15.0. The smallest absolute Gasteiger partial charge is 0.343 e. The van der Waals surface area contributed by atoms with Crippen molar-refractivity contribution in [2.45, 2.75) is 44.1 Å². The van der Waals surface area contributed by atoms with Crippen molar-refractivity contribution in [3.8, 4) is 17.0 Å². The minimum absolute atomic E-state index is 0.0242. The number of carbonyl (C=O) groups excluding carboxylic acids is 1. The maximum Gasteiger partial charge on any atom is 0.343 e. The standard InChI is InChI=1S/C23H27ClN2O5/c1-4-30-23(28)18-13-25-20(12-21(18)27)16-7-6-15(31-9-5-8-29-3)11-17(16)22-19(24)10-14(2)26(22)25/h6-7,11-14,19,22H,4-5,8-10H2,1-3H3. The molecule has 2 aromatic rings. The summed E-state index contributed by atoms with van der Waals surface area (Å²) in [4.78, 5) is 25.1. The summed E-state index contributed by atoms with van der Waals surface area (Å²) in [6.45, 7) is 5.22. The first kappa shape index (κ1) is 21.7. The Balaban J connectivity index is 1.79. The van der Waals surface area contributed by atoms with E-state index in [-0.39, 0.29) is 35.1 Å². The van der Waals surface area contributed by atoms with Crippen LogP contribution >= 0.6 is 11.6 Å². The number of nitrogens with zero attached hydrogens (tertiary/aromatic N) is 2. The molecule has 1 fully saturated rings. The van der Waals surface area contributed by atoms with Gasteiger partial charge < -0.3 is 19.2 Å². The summed E-state index contributed by atoms with van der Waals surface area (Å²) in [6, 6.07) is 7.41. The summed E-state index contributed by atoms with van der Waals surface area (Å²) in [7, 11) is 1.67. The second-order valence-corrected chi connectivity index (χ2v) is 8.43. The van der Waals surface area contributed by atoms with Gasteiger partial charge in [0, 0.05) is 44.0 Å². The highest BCUT2D eigenvalue weighted by molar-refractivity contribution is 6.21. The van der Waals surface area contributed by atoms with Crippen molar-refractivity contribution in [2.75, 3.05) is 31.9 Å². The van der Waals surface area contributed by atoms with Gasteiger partial charge in [0.2, 0.25) is 0 Å². The highest BCUT2D eigenvalue weighted by atomic mass is 35.5. The fourth-order valence-electron chi connectivity index (χ4n) is 4.47. The van der Waals surface area contributed by atoms with E-state index in [0.29, 0.717) is 13.2 Å². The minimum atomic E-state index is -0.612. The average Bonchev–Trinajstić information content (AvgIpc) is 3.05. The van der Waals surface area contributed by atoms with Gasteiger partial charge in [-0.1, -0.05) is 0 Å². The SMILES string of the molecule is CCOC(=O)c1cn2c(cc1=O)-c1ccc(OCCCOC)cc1C1C(Cl)CC(C)N12. The van der Waals surface area contributed by atoms with Gasteiger partial charge in [-0.2, -0.15) is 0 Å². The number of pyridine rings is 1. The summed E-state index contributed by atoms with van der Waals surface area (Å²) in [5.41, 5.74) is 2.34. The lowest BCUT2D eigenvalue weighted by molar-refractivity contribution is 0.0523. The molecule has 31 heavy (non-hydrogen) atoms. The van der Waals surface area contributed by atoms with Crippen LogP contribution in [-0.2, 0) is 9.47 Å². The molecule has 0 amide bonds. The molecular weight excluding hydrogens is 420 g/mol. The zero-order chi connectivity index (χ0) is 22.1. The van der Waals surface area contributed by atoms with Crippen LogP contribution in [0.3, 0.4) is 0 Å². The first-order valence-corrected chi connectivity index (χ1v) is 11.0. The number of hydrogen-bond acceptors (Lipinski definition) is 6. The lowest BCUT2D eigenvalue weighted by atomic mass is 9.93. The van der Waals surface area contributed by atoms with Gasteiger partial charge in [-0.3, -0.25) is 9.47 Å². The van der Waals surface area contributed by atoms with E-state index in [1.165, 1.54) is 6.07 Å². The lowest BCUT2D eigenvalue weighted by Crippen LogP contribution is -2.44. The summed E-state index contributed by atoms with van der Waals surface area (Å²) in [5, 5.41) is 2.03. The maximum atomic E-state index is 12.7. The monoisotopic (exact) mass is 446 g/mol. The van der Waals surface area contributed by atoms with Gasteiger partial charge in [0.15, 0.2) is 5.43 Å². The molecule has 0 saturated carbocycles. The molecule has 0 aliphatic carbocycles. The van der Waals surface area contributed by atoms with Crippen molar-refractivity contribution in [3.63, 3.8) is 0 Å². The molecule has 4 rings (SSSR count). The number of halogens is 1. The lowest BCUT2D eigenvalue weighted by Gasteiger charge is -2.40. The van der Waals surface area contributed by atoms with Crippen molar-refractivity contribution in [2.24, 2.45) is 0 Å². The second kappa shape index (κ2) is 8.93. The zero-order valence-corrected chi connectivity index (χ0v) is 18.7. The Hall–Kier alpha value is -2.51. The number of aromatic nitrogens is 1. The minimum Gasteiger partial charge on any atom is -0.493 e. The number of ether oxygens (including phenoxy) is 3. The van der Waals surface area contributed by atoms with Crippen molar-refractivity contribution in [3.05, 3.63) is 51.8 Å². The molecule has 0 bridgehead atoms. The molecule has 1 aromatic heterocycles. The van der Waals surface area contributed by atoms with Gasteiger partial charge in [-0.05, 0) is 44.0 Å². The van der Waals surface area contributed by atoms with Crippen LogP contribution in [0.5, 0.6) is 5.75 Å². The van der Waals surface area contributed by atoms with Crippen molar-refractivity contribution in [1.82, 2.24) is 4.68 Å². The largest absolute Gasteiger partial charge is 0.493 e. The van der Waals surface area contributed by atoms with Gasteiger partial charge >= 0.3 is 5.97 Å². The van der Waals surface area contributed by atoms with Crippen molar-refractivity contribution in [1.29, 1.82) is 0 Å². The summed E-state index contributed by atoms with van der Waals surface area (Å²) in [5.74, 6) is 0.149. The molecule has 0 radical (unpaired) electrons. The molecule has 0 N–H and O–H groups in total. The fraction of sp³-hybridized carbons (Fsp3) is 0.478. The van der Waals surface area contributed by atoms with Crippen molar-refractivity contribution >= 4 is 17.6 Å². The average molecular weight is 447 g/mol. The molecule has 8 heteroatoms. The first-order valence-electron chi connectivity index (χ1n) is 10.6. The van der Waals surface area contributed by atoms with E-state index in [1.807, 2.05) is 22.9 Å². The fourth-order valence-corrected chi connectivity index (χ4v) is 4.98. The van der Waals surface area contributed by atoms with E-state index in [0.717, 1.165) is 35.4 Å². The van der Waals surface area contributed by atoms with Crippen LogP contribution in [0.2, 0.25) is 0 Å². The predicted molar refractivity (Wildman–Crippen MR) is 119 cm³/mol. The number of carbonyl (C=O) groups is 1. The number of rotatable bonds is 7. The van der Waals surface area contributed by atoms with E-state index in [2.05, 4.69) is 11.9 Å². The summed E-state index contributed by atoms with van der Waals surface area (Å²) >= 11 is 6.79. The van der Waals surface area contributed by atoms with Gasteiger partial charge in [0.1, 0.15) is 11.3 Å². The highest BCUT2D eigenvalue weighted by Gasteiger charge is 2.44. The van der Waals surface area contributed by atoms with Crippen LogP contribution in [0.4, 0.5) is 0 Å². The van der Waals surface area contributed by atoms with Crippen LogP contribution in [0.1, 0.15) is 48.7 Å². The Bertz CT molecular complexity index is 1040. The van der Waals surface area contributed by atoms with Crippen LogP contribution in [-0.4, -0.2) is 49.0 Å². The molecule has 1 saturated heterocycles. The molecule has 3 heterocycles. The van der Waals surface area contributed by atoms with Gasteiger partial charge in [0.05, 0.1) is 30.3 Å². The van der Waals surface area contributed by atoms with E-state index in [4.69, 9.17) is 25.8 Å². The number of fused-ring (bicyclic) bond motifs is 6. The Kier molecular flexibility index (Phi) is 6.25. The van der Waals surface area contributed by atoms with Crippen molar-refractivity contribution < 1.29 is 19.0 Å². The normalized spacial score (nSPS) is 21.3. The molecule has 0 spiro atoms. The third-order valence-corrected chi connectivity index (χ3v) is 6.22. The molecule has 1 aromatic carbocycles. The zero-order valence-electron chi connectivity index (χ0n) is 18.0. The molecule has 2 aliphatic rings.